The van der Waals surface area contributed by atoms with Crippen molar-refractivity contribution in [1.29, 1.82) is 0 Å². The molecule has 102 valence electrons. The molecule has 0 amide bonds. The molecule has 1 atom stereocenters. The van der Waals surface area contributed by atoms with Crippen molar-refractivity contribution in [3.63, 3.8) is 0 Å². The van der Waals surface area contributed by atoms with Crippen molar-refractivity contribution in [3.8, 4) is 0 Å². The zero-order valence-corrected chi connectivity index (χ0v) is 12.3. The van der Waals surface area contributed by atoms with Gasteiger partial charge in [0, 0.05) is 36.2 Å². The van der Waals surface area contributed by atoms with Gasteiger partial charge in [0.05, 0.1) is 10.7 Å². The number of hydrogen-bond donors (Lipinski definition) is 2. The molecule has 0 saturated carbocycles. The van der Waals surface area contributed by atoms with Crippen LogP contribution in [0.4, 0.5) is 0 Å². The van der Waals surface area contributed by atoms with Gasteiger partial charge in [0.1, 0.15) is 0 Å². The van der Waals surface area contributed by atoms with Gasteiger partial charge in [0.2, 0.25) is 0 Å². The minimum Gasteiger partial charge on any atom is -0.381 e. The number of thiazole rings is 1. The summed E-state index contributed by atoms with van der Waals surface area (Å²) in [5.74, 6) is 0. The molecule has 4 nitrogen and oxygen atoms in total. The third-order valence-corrected chi connectivity index (χ3v) is 4.84. The van der Waals surface area contributed by atoms with E-state index in [4.69, 9.17) is 10.5 Å². The molecular formula is C13H23N3OS. The van der Waals surface area contributed by atoms with E-state index in [9.17, 15) is 0 Å². The standard InChI is InChI=1S/C13H23N3OS/c1-9(12-10(2)16-11(3)18-12)15-8-13(14)4-6-17-7-5-13/h9,15H,4-8,14H2,1-3H3. The number of nitrogens with zero attached hydrogens (tertiary/aromatic N) is 1. The smallest absolute Gasteiger partial charge is 0.0900 e. The van der Waals surface area contributed by atoms with Gasteiger partial charge in [0.25, 0.3) is 0 Å². The van der Waals surface area contributed by atoms with Crippen LogP contribution < -0.4 is 11.1 Å². The highest BCUT2D eigenvalue weighted by atomic mass is 32.1. The molecule has 1 aliphatic heterocycles. The molecule has 0 aliphatic carbocycles. The molecule has 1 fully saturated rings. The molecule has 5 heteroatoms. The molecule has 0 aromatic carbocycles. The van der Waals surface area contributed by atoms with Crippen LogP contribution in [-0.4, -0.2) is 30.3 Å². The topological polar surface area (TPSA) is 60.2 Å². The maximum atomic E-state index is 6.37. The first-order valence-electron chi connectivity index (χ1n) is 6.54. The molecule has 1 unspecified atom stereocenters. The summed E-state index contributed by atoms with van der Waals surface area (Å²) in [5.41, 5.74) is 7.40. The zero-order valence-electron chi connectivity index (χ0n) is 11.5. The monoisotopic (exact) mass is 269 g/mol. The Morgan fingerprint density at radius 3 is 2.67 bits per heavy atom. The van der Waals surface area contributed by atoms with Crippen LogP contribution in [-0.2, 0) is 4.74 Å². The molecule has 1 aromatic heterocycles. The van der Waals surface area contributed by atoms with E-state index in [0.29, 0.717) is 6.04 Å². The molecule has 1 aromatic rings. The molecule has 3 N–H and O–H groups in total. The summed E-state index contributed by atoms with van der Waals surface area (Å²) < 4.78 is 5.36. The van der Waals surface area contributed by atoms with E-state index in [-0.39, 0.29) is 5.54 Å². The normalized spacial score (nSPS) is 20.9. The summed E-state index contributed by atoms with van der Waals surface area (Å²) in [6, 6.07) is 0.319. The summed E-state index contributed by atoms with van der Waals surface area (Å²) in [7, 11) is 0. The van der Waals surface area contributed by atoms with Crippen LogP contribution >= 0.6 is 11.3 Å². The van der Waals surface area contributed by atoms with Gasteiger partial charge in [-0.15, -0.1) is 11.3 Å². The fourth-order valence-corrected chi connectivity index (χ4v) is 3.31. The Hall–Kier alpha value is -0.490. The molecule has 2 heterocycles. The molecule has 1 aliphatic rings. The second-order valence-corrected chi connectivity index (χ2v) is 6.49. The highest BCUT2D eigenvalue weighted by molar-refractivity contribution is 7.11. The number of rotatable bonds is 4. The van der Waals surface area contributed by atoms with Gasteiger partial charge in [-0.25, -0.2) is 4.98 Å². The first kappa shape index (κ1) is 13.9. The number of aryl methyl sites for hydroxylation is 2. The largest absolute Gasteiger partial charge is 0.381 e. The van der Waals surface area contributed by atoms with E-state index >= 15 is 0 Å². The van der Waals surface area contributed by atoms with Crippen molar-refractivity contribution in [2.75, 3.05) is 19.8 Å². The Bertz CT molecular complexity index is 399. The van der Waals surface area contributed by atoms with Crippen LogP contribution in [0.5, 0.6) is 0 Å². The molecule has 0 radical (unpaired) electrons. The average Bonchev–Trinajstić information content (AvgIpc) is 2.67. The fourth-order valence-electron chi connectivity index (χ4n) is 2.35. The summed E-state index contributed by atoms with van der Waals surface area (Å²) in [6.07, 6.45) is 1.88. The summed E-state index contributed by atoms with van der Waals surface area (Å²) in [4.78, 5) is 5.79. The Labute approximate surface area is 113 Å². The Morgan fingerprint density at radius 1 is 1.44 bits per heavy atom. The maximum absolute atomic E-state index is 6.37. The van der Waals surface area contributed by atoms with Crippen molar-refractivity contribution in [3.05, 3.63) is 15.6 Å². The predicted molar refractivity (Wildman–Crippen MR) is 75.0 cm³/mol. The van der Waals surface area contributed by atoms with Gasteiger partial charge in [-0.05, 0) is 33.6 Å². The average molecular weight is 269 g/mol. The third-order valence-electron chi connectivity index (χ3n) is 3.58. The minimum absolute atomic E-state index is 0.111. The maximum Gasteiger partial charge on any atom is 0.0900 e. The predicted octanol–water partition coefficient (Wildman–Crippen LogP) is 1.92. The molecule has 2 rings (SSSR count). The first-order chi connectivity index (χ1) is 8.50. The summed E-state index contributed by atoms with van der Waals surface area (Å²) in [6.45, 7) is 8.72. The van der Waals surface area contributed by atoms with Gasteiger partial charge in [0.15, 0.2) is 0 Å². The van der Waals surface area contributed by atoms with Crippen molar-refractivity contribution >= 4 is 11.3 Å². The molecular weight excluding hydrogens is 246 g/mol. The first-order valence-corrected chi connectivity index (χ1v) is 7.36. The van der Waals surface area contributed by atoms with Crippen molar-refractivity contribution < 1.29 is 4.74 Å². The van der Waals surface area contributed by atoms with Gasteiger partial charge in [-0.3, -0.25) is 0 Å². The molecule has 18 heavy (non-hydrogen) atoms. The van der Waals surface area contributed by atoms with Gasteiger partial charge >= 0.3 is 0 Å². The number of ether oxygens (including phenoxy) is 1. The minimum atomic E-state index is -0.111. The van der Waals surface area contributed by atoms with Gasteiger partial charge in [-0.2, -0.15) is 0 Å². The van der Waals surface area contributed by atoms with E-state index < -0.39 is 0 Å². The molecule has 0 spiro atoms. The Kier molecular flexibility index (Phi) is 4.37. The lowest BCUT2D eigenvalue weighted by Gasteiger charge is -2.34. The van der Waals surface area contributed by atoms with Crippen LogP contribution in [0.1, 0.15) is 41.4 Å². The second-order valence-electron chi connectivity index (χ2n) is 5.26. The third kappa shape index (κ3) is 3.29. The number of hydrogen-bond acceptors (Lipinski definition) is 5. The number of nitrogens with one attached hydrogen (secondary N) is 1. The van der Waals surface area contributed by atoms with Crippen LogP contribution in [0, 0.1) is 13.8 Å². The van der Waals surface area contributed by atoms with Gasteiger partial charge < -0.3 is 15.8 Å². The highest BCUT2D eigenvalue weighted by Crippen LogP contribution is 2.25. The van der Waals surface area contributed by atoms with Crippen LogP contribution in [0.2, 0.25) is 0 Å². The SMILES string of the molecule is Cc1nc(C)c(C(C)NCC2(N)CCOCC2)s1. The lowest BCUT2D eigenvalue weighted by molar-refractivity contribution is 0.0524. The van der Waals surface area contributed by atoms with E-state index in [1.54, 1.807) is 11.3 Å². The number of aromatic nitrogens is 1. The van der Waals surface area contributed by atoms with E-state index in [0.717, 1.165) is 43.3 Å². The lowest BCUT2D eigenvalue weighted by atomic mass is 9.91. The van der Waals surface area contributed by atoms with Crippen molar-refractivity contribution in [2.24, 2.45) is 5.73 Å². The van der Waals surface area contributed by atoms with Crippen LogP contribution in [0.3, 0.4) is 0 Å². The van der Waals surface area contributed by atoms with Crippen molar-refractivity contribution in [1.82, 2.24) is 10.3 Å². The van der Waals surface area contributed by atoms with Crippen molar-refractivity contribution in [2.45, 2.75) is 45.2 Å². The summed E-state index contributed by atoms with van der Waals surface area (Å²) in [5, 5.41) is 4.68. The van der Waals surface area contributed by atoms with Crippen LogP contribution in [0.25, 0.3) is 0 Å². The van der Waals surface area contributed by atoms with E-state index in [2.05, 4.69) is 31.1 Å². The Morgan fingerprint density at radius 2 is 2.11 bits per heavy atom. The molecule has 0 bridgehead atoms. The second kappa shape index (κ2) is 5.65. The quantitative estimate of drug-likeness (QED) is 0.876. The van der Waals surface area contributed by atoms with E-state index in [1.807, 2.05) is 0 Å². The Balaban J connectivity index is 1.91. The highest BCUT2D eigenvalue weighted by Gasteiger charge is 2.28. The molecule has 1 saturated heterocycles. The summed E-state index contributed by atoms with van der Waals surface area (Å²) >= 11 is 1.77. The fraction of sp³-hybridized carbons (Fsp3) is 0.769. The number of nitrogens with two attached hydrogens (primary N) is 1. The van der Waals surface area contributed by atoms with E-state index in [1.165, 1.54) is 4.88 Å². The lowest BCUT2D eigenvalue weighted by Crippen LogP contribution is -2.52. The zero-order chi connectivity index (χ0) is 13.2. The van der Waals surface area contributed by atoms with Crippen LogP contribution in [0.15, 0.2) is 0 Å². The van der Waals surface area contributed by atoms with Gasteiger partial charge in [-0.1, -0.05) is 0 Å².